The molecule has 2 amide bonds. The first kappa shape index (κ1) is 22.2. The zero-order valence-electron chi connectivity index (χ0n) is 18.3. The van der Waals surface area contributed by atoms with E-state index < -0.39 is 22.0 Å². The Morgan fingerprint density at radius 1 is 1.15 bits per heavy atom. The van der Waals surface area contributed by atoms with E-state index in [1.54, 1.807) is 12.1 Å². The highest BCUT2D eigenvalue weighted by molar-refractivity contribution is 7.91. The molecule has 8 nitrogen and oxygen atoms in total. The molecule has 2 aromatic rings. The van der Waals surface area contributed by atoms with E-state index in [1.165, 1.54) is 11.3 Å². The monoisotopic (exact) mass is 490 g/mol. The van der Waals surface area contributed by atoms with Crippen molar-refractivity contribution in [1.82, 2.24) is 5.32 Å². The number of ether oxygens (including phenoxy) is 2. The van der Waals surface area contributed by atoms with Gasteiger partial charge < -0.3 is 20.1 Å². The minimum atomic E-state index is -3.11. The summed E-state index contributed by atoms with van der Waals surface area (Å²) in [6.07, 6.45) is 2.14. The Labute approximate surface area is 196 Å². The van der Waals surface area contributed by atoms with Gasteiger partial charge in [0, 0.05) is 10.9 Å². The second-order valence-electron chi connectivity index (χ2n) is 8.98. The molecular weight excluding hydrogens is 464 g/mol. The summed E-state index contributed by atoms with van der Waals surface area (Å²) in [7, 11) is -3.11. The Bertz CT molecular complexity index is 1210. The number of rotatable bonds is 4. The predicted molar refractivity (Wildman–Crippen MR) is 125 cm³/mol. The van der Waals surface area contributed by atoms with Crippen LogP contribution in [-0.4, -0.2) is 50.5 Å². The van der Waals surface area contributed by atoms with Crippen LogP contribution in [-0.2, 0) is 27.5 Å². The number of thiophene rings is 1. The van der Waals surface area contributed by atoms with Gasteiger partial charge >= 0.3 is 0 Å². The van der Waals surface area contributed by atoms with Crippen LogP contribution >= 0.6 is 11.3 Å². The van der Waals surface area contributed by atoms with E-state index in [0.717, 1.165) is 29.7 Å². The molecule has 3 atom stereocenters. The summed E-state index contributed by atoms with van der Waals surface area (Å²) in [5.41, 5.74) is 1.41. The average Bonchev–Trinajstić information content (AvgIpc) is 3.31. The lowest BCUT2D eigenvalue weighted by atomic mass is 9.88. The van der Waals surface area contributed by atoms with Crippen molar-refractivity contribution in [1.29, 1.82) is 0 Å². The van der Waals surface area contributed by atoms with Gasteiger partial charge in [-0.15, -0.1) is 11.3 Å². The number of carbonyl (C=O) groups is 2. The summed E-state index contributed by atoms with van der Waals surface area (Å²) in [6, 6.07) is 6.76. The quantitative estimate of drug-likeness (QED) is 0.682. The van der Waals surface area contributed by atoms with Gasteiger partial charge in [-0.1, -0.05) is 19.1 Å². The highest BCUT2D eigenvalue weighted by atomic mass is 32.2. The fourth-order valence-electron chi connectivity index (χ4n) is 4.59. The Kier molecular flexibility index (Phi) is 5.82. The zero-order chi connectivity index (χ0) is 23.2. The lowest BCUT2D eigenvalue weighted by Gasteiger charge is -2.25. The van der Waals surface area contributed by atoms with Gasteiger partial charge in [-0.2, -0.15) is 0 Å². The number of hydrogen-bond acceptors (Lipinski definition) is 7. The molecule has 176 valence electrons. The normalized spacial score (nSPS) is 25.2. The van der Waals surface area contributed by atoms with Gasteiger partial charge in [0.25, 0.3) is 11.8 Å². The highest BCUT2D eigenvalue weighted by Crippen LogP contribution is 2.40. The molecule has 2 N–H and O–H groups in total. The van der Waals surface area contributed by atoms with Crippen molar-refractivity contribution in [2.75, 3.05) is 23.4 Å². The van der Waals surface area contributed by atoms with Gasteiger partial charge in [0.2, 0.25) is 6.10 Å². The van der Waals surface area contributed by atoms with Gasteiger partial charge in [-0.05, 0) is 49.3 Å². The summed E-state index contributed by atoms with van der Waals surface area (Å²) >= 11 is 1.42. The fourth-order valence-corrected chi connectivity index (χ4v) is 7.67. The van der Waals surface area contributed by atoms with Crippen molar-refractivity contribution in [2.24, 2.45) is 5.92 Å². The number of anilines is 1. The molecule has 33 heavy (non-hydrogen) atoms. The number of para-hydroxylation sites is 2. The molecule has 1 aromatic heterocycles. The zero-order valence-corrected chi connectivity index (χ0v) is 19.9. The Morgan fingerprint density at radius 2 is 1.94 bits per heavy atom. The van der Waals surface area contributed by atoms with E-state index in [1.807, 2.05) is 12.1 Å². The van der Waals surface area contributed by atoms with E-state index >= 15 is 0 Å². The van der Waals surface area contributed by atoms with Gasteiger partial charge in [0.1, 0.15) is 11.6 Å². The Morgan fingerprint density at radius 3 is 2.70 bits per heavy atom. The van der Waals surface area contributed by atoms with Crippen LogP contribution in [0.5, 0.6) is 11.5 Å². The van der Waals surface area contributed by atoms with Gasteiger partial charge in [-0.3, -0.25) is 9.59 Å². The smallest absolute Gasteiger partial charge is 0.269 e. The maximum Gasteiger partial charge on any atom is 0.269 e. The van der Waals surface area contributed by atoms with E-state index in [-0.39, 0.29) is 29.9 Å². The second-order valence-corrected chi connectivity index (χ2v) is 12.3. The number of amides is 2. The molecule has 0 unspecified atom stereocenters. The number of nitrogens with one attached hydrogen (secondary N) is 2. The Balaban J connectivity index is 1.38. The van der Waals surface area contributed by atoms with Crippen LogP contribution in [0.25, 0.3) is 0 Å². The van der Waals surface area contributed by atoms with Crippen LogP contribution in [0.15, 0.2) is 24.3 Å². The molecule has 0 spiro atoms. The van der Waals surface area contributed by atoms with Crippen LogP contribution in [0, 0.1) is 5.92 Å². The number of hydrogen-bond donors (Lipinski definition) is 2. The molecule has 5 rings (SSSR count). The molecule has 0 radical (unpaired) electrons. The molecule has 1 aliphatic carbocycles. The van der Waals surface area contributed by atoms with Gasteiger partial charge in [-0.25, -0.2) is 8.42 Å². The van der Waals surface area contributed by atoms with Crippen LogP contribution in [0.1, 0.15) is 40.6 Å². The van der Waals surface area contributed by atoms with Crippen molar-refractivity contribution in [3.05, 3.63) is 40.3 Å². The van der Waals surface area contributed by atoms with Crippen LogP contribution in [0.2, 0.25) is 0 Å². The second kappa shape index (κ2) is 8.64. The molecule has 1 fully saturated rings. The Hall–Kier alpha value is -2.59. The predicted octanol–water partition coefficient (Wildman–Crippen LogP) is 2.57. The third kappa shape index (κ3) is 4.59. The summed E-state index contributed by atoms with van der Waals surface area (Å²) < 4.78 is 35.1. The molecule has 0 bridgehead atoms. The van der Waals surface area contributed by atoms with E-state index in [0.29, 0.717) is 34.4 Å². The standard InChI is InChI=1S/C23H26N2O6S2/c1-13-6-7-15-19(10-13)32-23(20(15)22(27)24-14-8-9-33(28,29)12-14)25-21(26)18-11-30-16-4-2-3-5-17(16)31-18/h2-5,13-14,18H,6-12H2,1H3,(H,24,27)(H,25,26)/t13-,14+,18-/m0/s1. The first-order chi connectivity index (χ1) is 15.8. The number of sulfone groups is 1. The first-order valence-electron chi connectivity index (χ1n) is 11.1. The summed E-state index contributed by atoms with van der Waals surface area (Å²) in [5, 5.41) is 6.27. The van der Waals surface area contributed by atoms with Crippen molar-refractivity contribution < 1.29 is 27.5 Å². The van der Waals surface area contributed by atoms with Crippen molar-refractivity contribution in [3.63, 3.8) is 0 Å². The lowest BCUT2D eigenvalue weighted by Crippen LogP contribution is -2.41. The van der Waals surface area contributed by atoms with E-state index in [9.17, 15) is 18.0 Å². The third-order valence-corrected chi connectivity index (χ3v) is 9.28. The van der Waals surface area contributed by atoms with Crippen LogP contribution in [0.3, 0.4) is 0 Å². The number of benzene rings is 1. The molecule has 1 aromatic carbocycles. The number of fused-ring (bicyclic) bond motifs is 2. The maximum absolute atomic E-state index is 13.3. The minimum Gasteiger partial charge on any atom is -0.485 e. The summed E-state index contributed by atoms with van der Waals surface area (Å²) in [4.78, 5) is 27.4. The lowest BCUT2D eigenvalue weighted by molar-refractivity contribution is -0.125. The number of carbonyl (C=O) groups excluding carboxylic acids is 2. The third-order valence-electron chi connectivity index (χ3n) is 6.34. The summed E-state index contributed by atoms with van der Waals surface area (Å²) in [6.45, 7) is 2.25. The van der Waals surface area contributed by atoms with Crippen molar-refractivity contribution >= 4 is 38.0 Å². The molecule has 1 saturated heterocycles. The van der Waals surface area contributed by atoms with Gasteiger partial charge in [0.05, 0.1) is 17.1 Å². The van der Waals surface area contributed by atoms with Crippen molar-refractivity contribution in [3.8, 4) is 11.5 Å². The average molecular weight is 491 g/mol. The van der Waals surface area contributed by atoms with E-state index in [2.05, 4.69) is 17.6 Å². The van der Waals surface area contributed by atoms with Crippen LogP contribution < -0.4 is 20.1 Å². The molecule has 0 saturated carbocycles. The minimum absolute atomic E-state index is 0.0452. The largest absolute Gasteiger partial charge is 0.485 e. The molecule has 3 aliphatic rings. The van der Waals surface area contributed by atoms with Gasteiger partial charge in [0.15, 0.2) is 21.3 Å². The SMILES string of the molecule is C[C@H]1CCc2c(sc(NC(=O)[C@@H]3COc4ccccc4O3)c2C(=O)N[C@@H]2CCS(=O)(=O)C2)C1. The fraction of sp³-hybridized carbons (Fsp3) is 0.478. The first-order valence-corrected chi connectivity index (χ1v) is 13.8. The van der Waals surface area contributed by atoms with Crippen molar-refractivity contribution in [2.45, 2.75) is 44.8 Å². The molecular formula is C23H26N2O6S2. The molecule has 10 heteroatoms. The molecule has 3 heterocycles. The van der Waals surface area contributed by atoms with E-state index in [4.69, 9.17) is 9.47 Å². The topological polar surface area (TPSA) is 111 Å². The van der Waals surface area contributed by atoms with Crippen LogP contribution in [0.4, 0.5) is 5.00 Å². The maximum atomic E-state index is 13.3. The summed E-state index contributed by atoms with van der Waals surface area (Å²) in [5.74, 6) is 0.927. The molecule has 2 aliphatic heterocycles. The highest BCUT2D eigenvalue weighted by Gasteiger charge is 2.34.